The molecule has 0 spiro atoms. The summed E-state index contributed by atoms with van der Waals surface area (Å²) >= 11 is 0. The Kier molecular flexibility index (Phi) is 39.3. The largest absolute Gasteiger partial charge is 0.472 e. The van der Waals surface area contributed by atoms with E-state index < -0.39 is 33.2 Å². The van der Waals surface area contributed by atoms with E-state index in [2.05, 4.69) is 50.3 Å². The highest BCUT2D eigenvalue weighted by Gasteiger charge is 2.26. The first-order chi connectivity index (χ1) is 25.8. The Hall–Kier alpha value is -1.32. The molecule has 0 aliphatic heterocycles. The van der Waals surface area contributed by atoms with Gasteiger partial charge in [-0.1, -0.05) is 172 Å². The molecule has 0 aliphatic carbocycles. The van der Waals surface area contributed by atoms with E-state index in [1.165, 1.54) is 103 Å². The van der Waals surface area contributed by atoms with Crippen molar-refractivity contribution in [1.82, 2.24) is 0 Å². The number of aliphatic hydroxyl groups excluding tert-OH is 2. The first-order valence-electron chi connectivity index (χ1n) is 21.5. The van der Waals surface area contributed by atoms with Gasteiger partial charge in [0, 0.05) is 13.0 Å². The lowest BCUT2D eigenvalue weighted by Gasteiger charge is -2.20. The second-order valence-corrected chi connectivity index (χ2v) is 15.8. The zero-order valence-electron chi connectivity index (χ0n) is 34.0. The molecule has 0 bridgehead atoms. The van der Waals surface area contributed by atoms with Crippen molar-refractivity contribution >= 4 is 13.8 Å². The summed E-state index contributed by atoms with van der Waals surface area (Å²) in [5, 5.41) is 18.3. The van der Waals surface area contributed by atoms with Gasteiger partial charge in [0.1, 0.15) is 12.2 Å². The van der Waals surface area contributed by atoms with Crippen LogP contribution in [0.25, 0.3) is 0 Å². The molecule has 3 unspecified atom stereocenters. The lowest BCUT2D eigenvalue weighted by atomic mass is 10.0. The van der Waals surface area contributed by atoms with E-state index in [9.17, 15) is 19.4 Å². The maximum absolute atomic E-state index is 12.6. The van der Waals surface area contributed by atoms with Gasteiger partial charge < -0.3 is 24.6 Å². The predicted octanol–water partition coefficient (Wildman–Crippen LogP) is 11.6. The molecule has 3 N–H and O–H groups in total. The number of ether oxygens (including phenoxy) is 2. The Balaban J connectivity index is 4.16. The van der Waals surface area contributed by atoms with Crippen LogP contribution in [0.5, 0.6) is 0 Å². The van der Waals surface area contributed by atoms with Crippen LogP contribution < -0.4 is 0 Å². The Morgan fingerprint density at radius 1 is 0.604 bits per heavy atom. The zero-order valence-corrected chi connectivity index (χ0v) is 34.9. The molecular formula is C43H81O9P. The summed E-state index contributed by atoms with van der Waals surface area (Å²) in [5.74, 6) is -0.385. The second-order valence-electron chi connectivity index (χ2n) is 14.3. The van der Waals surface area contributed by atoms with Crippen molar-refractivity contribution in [2.24, 2.45) is 0 Å². The summed E-state index contributed by atoms with van der Waals surface area (Å²) < 4.78 is 33.4. The summed E-state index contributed by atoms with van der Waals surface area (Å²) in [5.41, 5.74) is 0. The number of esters is 1. The van der Waals surface area contributed by atoms with Gasteiger partial charge in [0.2, 0.25) is 0 Å². The average Bonchev–Trinajstić information content (AvgIpc) is 3.15. The van der Waals surface area contributed by atoms with Crippen molar-refractivity contribution in [3.63, 3.8) is 0 Å². The topological polar surface area (TPSA) is 132 Å². The van der Waals surface area contributed by atoms with E-state index in [1.807, 2.05) is 0 Å². The maximum atomic E-state index is 12.6. The van der Waals surface area contributed by atoms with Gasteiger partial charge in [0.15, 0.2) is 0 Å². The number of hydrogen-bond acceptors (Lipinski definition) is 8. The van der Waals surface area contributed by atoms with E-state index in [-0.39, 0.29) is 25.6 Å². The quantitative estimate of drug-likeness (QED) is 0.0240. The summed E-state index contributed by atoms with van der Waals surface area (Å²) in [7, 11) is -4.52. The molecule has 53 heavy (non-hydrogen) atoms. The van der Waals surface area contributed by atoms with E-state index >= 15 is 0 Å². The fraction of sp³-hybridized carbons (Fsp3) is 0.837. The summed E-state index contributed by atoms with van der Waals surface area (Å²) in [6.07, 6.45) is 42.4. The molecule has 0 saturated heterocycles. The number of phosphoric acid groups is 1. The molecule has 0 saturated carbocycles. The van der Waals surface area contributed by atoms with Gasteiger partial charge in [-0.2, -0.15) is 0 Å². The van der Waals surface area contributed by atoms with E-state index in [0.29, 0.717) is 6.61 Å². The molecule has 0 aromatic carbocycles. The summed E-state index contributed by atoms with van der Waals surface area (Å²) in [6, 6.07) is 0. The molecule has 0 aliphatic rings. The highest BCUT2D eigenvalue weighted by atomic mass is 31.2. The number of hydrogen-bond donors (Lipinski definition) is 3. The Morgan fingerprint density at radius 2 is 1.08 bits per heavy atom. The molecule has 10 heteroatoms. The number of carbonyl (C=O) groups excluding carboxylic acids is 1. The van der Waals surface area contributed by atoms with Gasteiger partial charge in [-0.05, 0) is 44.9 Å². The number of aliphatic hydroxyl groups is 2. The second kappa shape index (κ2) is 40.3. The minimum absolute atomic E-state index is 0.0464. The minimum Gasteiger partial charge on any atom is -0.457 e. The van der Waals surface area contributed by atoms with Crippen molar-refractivity contribution in [2.45, 2.75) is 199 Å². The molecule has 0 aromatic heterocycles. The van der Waals surface area contributed by atoms with Gasteiger partial charge in [-0.3, -0.25) is 13.8 Å². The first-order valence-corrected chi connectivity index (χ1v) is 23.0. The smallest absolute Gasteiger partial charge is 0.457 e. The van der Waals surface area contributed by atoms with Crippen LogP contribution in [0.3, 0.4) is 0 Å². The molecule has 9 nitrogen and oxygen atoms in total. The van der Waals surface area contributed by atoms with Gasteiger partial charge in [0.05, 0.1) is 26.4 Å². The van der Waals surface area contributed by atoms with Crippen LogP contribution in [0.4, 0.5) is 0 Å². The van der Waals surface area contributed by atoms with Crippen LogP contribution in [-0.2, 0) is 27.9 Å². The number of rotatable bonds is 41. The van der Waals surface area contributed by atoms with Crippen LogP contribution >= 0.6 is 7.82 Å². The molecule has 0 fully saturated rings. The van der Waals surface area contributed by atoms with Crippen molar-refractivity contribution in [3.05, 3.63) is 36.5 Å². The number of unbranched alkanes of at least 4 members (excludes halogenated alkanes) is 21. The number of allylic oxidation sites excluding steroid dienone is 6. The molecular weight excluding hydrogens is 691 g/mol. The SMILES string of the molecule is CC/C=C\C/C=C\C/C=C\CCCCCCCCCCOCC(COP(=O)(O)OCC(O)CO)OC(=O)CCCCCCCCCCCCCCCC. The minimum atomic E-state index is -4.52. The Bertz CT molecular complexity index is 923. The number of phosphoric ester groups is 1. The molecule has 0 radical (unpaired) electrons. The van der Waals surface area contributed by atoms with Crippen molar-refractivity contribution in [2.75, 3.05) is 33.0 Å². The average molecular weight is 773 g/mol. The fourth-order valence-corrected chi connectivity index (χ4v) is 6.63. The highest BCUT2D eigenvalue weighted by Crippen LogP contribution is 2.43. The van der Waals surface area contributed by atoms with Crippen LogP contribution in [0.1, 0.15) is 187 Å². The third kappa shape index (κ3) is 40.2. The van der Waals surface area contributed by atoms with Crippen molar-refractivity contribution in [1.29, 1.82) is 0 Å². The van der Waals surface area contributed by atoms with Gasteiger partial charge in [-0.15, -0.1) is 0 Å². The Morgan fingerprint density at radius 3 is 1.62 bits per heavy atom. The monoisotopic (exact) mass is 773 g/mol. The van der Waals surface area contributed by atoms with Gasteiger partial charge in [0.25, 0.3) is 0 Å². The number of carbonyl (C=O) groups is 1. The molecule has 0 heterocycles. The first kappa shape index (κ1) is 51.7. The van der Waals surface area contributed by atoms with Crippen LogP contribution in [0, 0.1) is 0 Å². The standard InChI is InChI=1S/C43H81O9P/c1-3-5-7-9-11-13-15-17-19-20-21-22-24-26-28-30-32-34-36-49-39-42(40-51-53(47,48)50-38-41(45)37-44)52-43(46)35-33-31-29-27-25-23-18-16-14-12-10-8-6-4-2/h5,7,11,13,17,19,41-42,44-45H,3-4,6,8-10,12,14-16,18,20-40H2,1-2H3,(H,47,48)/b7-5-,13-11-,19-17-. The van der Waals surface area contributed by atoms with Crippen molar-refractivity contribution < 1.29 is 43.0 Å². The summed E-state index contributed by atoms with van der Waals surface area (Å²) in [4.78, 5) is 22.6. The Labute approximate surface area is 325 Å². The third-order valence-corrected chi connectivity index (χ3v) is 10.0. The summed E-state index contributed by atoms with van der Waals surface area (Å²) in [6.45, 7) is 3.41. The molecule has 312 valence electrons. The lowest BCUT2D eigenvalue weighted by Crippen LogP contribution is -2.29. The third-order valence-electron chi connectivity index (χ3n) is 9.09. The van der Waals surface area contributed by atoms with E-state index in [4.69, 9.17) is 23.6 Å². The van der Waals surface area contributed by atoms with E-state index in [0.717, 1.165) is 64.2 Å². The van der Waals surface area contributed by atoms with Crippen molar-refractivity contribution in [3.8, 4) is 0 Å². The van der Waals surface area contributed by atoms with Gasteiger partial charge >= 0.3 is 13.8 Å². The van der Waals surface area contributed by atoms with E-state index in [1.54, 1.807) is 0 Å². The maximum Gasteiger partial charge on any atom is 0.472 e. The highest BCUT2D eigenvalue weighted by molar-refractivity contribution is 7.47. The van der Waals surface area contributed by atoms with Crippen LogP contribution in [0.2, 0.25) is 0 Å². The van der Waals surface area contributed by atoms with Crippen LogP contribution in [0.15, 0.2) is 36.5 Å². The predicted molar refractivity (Wildman–Crippen MR) is 219 cm³/mol. The molecule has 0 rings (SSSR count). The fourth-order valence-electron chi connectivity index (χ4n) is 5.84. The molecule has 3 atom stereocenters. The van der Waals surface area contributed by atoms with Gasteiger partial charge in [-0.25, -0.2) is 4.57 Å². The zero-order chi connectivity index (χ0) is 38.9. The molecule has 0 amide bonds. The van der Waals surface area contributed by atoms with Crippen LogP contribution in [-0.4, -0.2) is 66.3 Å². The lowest BCUT2D eigenvalue weighted by molar-refractivity contribution is -0.154. The molecule has 0 aromatic rings. The normalized spacial score (nSPS) is 14.4.